The average molecular weight is 388 g/mol. The van der Waals surface area contributed by atoms with E-state index in [1.54, 1.807) is 6.20 Å². The van der Waals surface area contributed by atoms with Crippen LogP contribution in [0.3, 0.4) is 0 Å². The third kappa shape index (κ3) is 5.08. The molecule has 0 spiro atoms. The zero-order chi connectivity index (χ0) is 20.8. The van der Waals surface area contributed by atoms with E-state index in [1.165, 1.54) is 0 Å². The van der Waals surface area contributed by atoms with Gasteiger partial charge in [-0.3, -0.25) is 9.78 Å². The van der Waals surface area contributed by atoms with Crippen molar-refractivity contribution < 1.29 is 15.1 Å². The van der Waals surface area contributed by atoms with E-state index in [9.17, 15) is 10.0 Å². The zero-order valence-electron chi connectivity index (χ0n) is 16.6. The summed E-state index contributed by atoms with van der Waals surface area (Å²) in [5.41, 5.74) is 7.58. The summed E-state index contributed by atoms with van der Waals surface area (Å²) in [5, 5.41) is 22.1. The van der Waals surface area contributed by atoms with Crippen molar-refractivity contribution in [3.8, 4) is 11.1 Å². The predicted molar refractivity (Wildman–Crippen MR) is 114 cm³/mol. The molecule has 0 aliphatic carbocycles. The van der Waals surface area contributed by atoms with Crippen molar-refractivity contribution in [1.82, 2.24) is 4.98 Å². The molecule has 0 unspecified atom stereocenters. The fraction of sp³-hybridized carbons (Fsp3) is 0.208. The van der Waals surface area contributed by atoms with Crippen LogP contribution in [-0.2, 0) is 17.6 Å². The van der Waals surface area contributed by atoms with Crippen molar-refractivity contribution in [2.45, 2.75) is 33.1 Å². The van der Waals surface area contributed by atoms with Gasteiger partial charge < -0.3 is 10.3 Å². The van der Waals surface area contributed by atoms with E-state index in [0.29, 0.717) is 18.6 Å². The highest BCUT2D eigenvalue weighted by Gasteiger charge is 2.12. The summed E-state index contributed by atoms with van der Waals surface area (Å²) in [4.78, 5) is 15.1. The van der Waals surface area contributed by atoms with Crippen LogP contribution in [0.1, 0.15) is 34.4 Å². The van der Waals surface area contributed by atoms with Gasteiger partial charge in [0.05, 0.1) is 12.1 Å². The normalized spacial score (nSPS) is 11.4. The van der Waals surface area contributed by atoms with Crippen molar-refractivity contribution in [1.29, 1.82) is 0 Å². The van der Waals surface area contributed by atoms with Crippen LogP contribution < -0.4 is 0 Å². The molecule has 0 amide bonds. The molecule has 5 heteroatoms. The van der Waals surface area contributed by atoms with Gasteiger partial charge in [-0.15, -0.1) is 0 Å². The van der Waals surface area contributed by atoms with Crippen molar-refractivity contribution in [3.05, 3.63) is 88.7 Å². The Labute approximate surface area is 170 Å². The molecule has 0 fully saturated rings. The second-order valence-electron chi connectivity index (χ2n) is 7.10. The van der Waals surface area contributed by atoms with Crippen LogP contribution in [-0.4, -0.2) is 27.0 Å². The lowest BCUT2D eigenvalue weighted by molar-refractivity contribution is -0.136. The monoisotopic (exact) mass is 388 g/mol. The molecule has 148 valence electrons. The maximum Gasteiger partial charge on any atom is 0.307 e. The summed E-state index contributed by atoms with van der Waals surface area (Å²) >= 11 is 0. The van der Waals surface area contributed by atoms with Gasteiger partial charge in [0.15, 0.2) is 0 Å². The summed E-state index contributed by atoms with van der Waals surface area (Å²) in [5.74, 6) is -0.841. The Hall–Kier alpha value is -3.47. The van der Waals surface area contributed by atoms with E-state index in [-0.39, 0.29) is 6.42 Å². The lowest BCUT2D eigenvalue weighted by Gasteiger charge is -2.13. The molecule has 0 saturated heterocycles. The average Bonchev–Trinajstić information content (AvgIpc) is 2.70. The molecule has 0 atom stereocenters. The van der Waals surface area contributed by atoms with Gasteiger partial charge in [-0.25, -0.2) is 0 Å². The SMILES string of the molecule is Cc1cc(-c2cccc(/C(CCc3ccc(CC(=O)O)cc3)=N/O)c2C)ccn1. The standard InChI is InChI=1S/C24H24N2O3/c1-16-14-20(12-13-25-16)21-4-3-5-22(17(21)2)23(26-29)11-10-18-6-8-19(9-7-18)15-24(27)28/h3-9,12-14,29H,10-11,15H2,1-2H3,(H,27,28)/b26-23+. The Morgan fingerprint density at radius 3 is 2.41 bits per heavy atom. The summed E-state index contributed by atoms with van der Waals surface area (Å²) in [6.07, 6.45) is 3.09. The number of benzene rings is 2. The van der Waals surface area contributed by atoms with Crippen LogP contribution in [0, 0.1) is 13.8 Å². The first-order valence-electron chi connectivity index (χ1n) is 9.51. The number of carboxylic acid groups (broad SMARTS) is 1. The van der Waals surface area contributed by atoms with Gasteiger partial charge in [0.25, 0.3) is 0 Å². The fourth-order valence-electron chi connectivity index (χ4n) is 3.47. The zero-order valence-corrected chi connectivity index (χ0v) is 16.6. The van der Waals surface area contributed by atoms with Gasteiger partial charge in [0, 0.05) is 17.5 Å². The molecule has 0 saturated carbocycles. The number of oxime groups is 1. The van der Waals surface area contributed by atoms with Gasteiger partial charge in [-0.2, -0.15) is 0 Å². The minimum Gasteiger partial charge on any atom is -0.481 e. The van der Waals surface area contributed by atoms with Crippen LogP contribution in [0.5, 0.6) is 0 Å². The predicted octanol–water partition coefficient (Wildman–Crippen LogP) is 4.80. The molecule has 3 aromatic rings. The molecular formula is C24H24N2O3. The Morgan fingerprint density at radius 1 is 1.03 bits per heavy atom. The van der Waals surface area contributed by atoms with E-state index < -0.39 is 5.97 Å². The highest BCUT2D eigenvalue weighted by Crippen LogP contribution is 2.27. The number of pyridine rings is 1. The second-order valence-corrected chi connectivity index (χ2v) is 7.10. The van der Waals surface area contributed by atoms with Crippen molar-refractivity contribution >= 4 is 11.7 Å². The van der Waals surface area contributed by atoms with Crippen LogP contribution in [0.15, 0.2) is 65.9 Å². The number of carboxylic acids is 1. The lowest BCUT2D eigenvalue weighted by atomic mass is 9.92. The Bertz CT molecular complexity index is 1040. The molecule has 0 aliphatic heterocycles. The maximum atomic E-state index is 10.8. The lowest BCUT2D eigenvalue weighted by Crippen LogP contribution is -2.06. The van der Waals surface area contributed by atoms with Crippen LogP contribution in [0.4, 0.5) is 0 Å². The number of rotatable bonds is 7. The van der Waals surface area contributed by atoms with Crippen molar-refractivity contribution in [2.75, 3.05) is 0 Å². The number of carbonyl (C=O) groups is 1. The molecule has 0 aliphatic rings. The quantitative estimate of drug-likeness (QED) is 0.346. The fourth-order valence-corrected chi connectivity index (χ4v) is 3.47. The third-order valence-electron chi connectivity index (χ3n) is 5.00. The van der Waals surface area contributed by atoms with Gasteiger partial charge in [0.1, 0.15) is 0 Å². The van der Waals surface area contributed by atoms with E-state index in [2.05, 4.69) is 16.2 Å². The van der Waals surface area contributed by atoms with Crippen LogP contribution in [0.25, 0.3) is 11.1 Å². The smallest absolute Gasteiger partial charge is 0.307 e. The number of aryl methyl sites for hydroxylation is 2. The van der Waals surface area contributed by atoms with Gasteiger partial charge in [0.2, 0.25) is 0 Å². The molecular weight excluding hydrogens is 364 g/mol. The molecule has 5 nitrogen and oxygen atoms in total. The first-order valence-corrected chi connectivity index (χ1v) is 9.51. The van der Waals surface area contributed by atoms with E-state index in [4.69, 9.17) is 5.11 Å². The first kappa shape index (κ1) is 20.3. The molecule has 2 aromatic carbocycles. The molecule has 29 heavy (non-hydrogen) atoms. The highest BCUT2D eigenvalue weighted by atomic mass is 16.4. The molecule has 3 rings (SSSR count). The molecule has 2 N–H and O–H groups in total. The largest absolute Gasteiger partial charge is 0.481 e. The Kier molecular flexibility index (Phi) is 6.39. The highest BCUT2D eigenvalue weighted by molar-refractivity contribution is 6.02. The molecule has 0 bridgehead atoms. The minimum absolute atomic E-state index is 0.0180. The summed E-state index contributed by atoms with van der Waals surface area (Å²) in [6, 6.07) is 17.5. The minimum atomic E-state index is -0.841. The Morgan fingerprint density at radius 2 is 1.76 bits per heavy atom. The van der Waals surface area contributed by atoms with E-state index in [0.717, 1.165) is 39.1 Å². The van der Waals surface area contributed by atoms with Gasteiger partial charge in [-0.05, 0) is 66.6 Å². The van der Waals surface area contributed by atoms with E-state index >= 15 is 0 Å². The molecule has 0 radical (unpaired) electrons. The summed E-state index contributed by atoms with van der Waals surface area (Å²) < 4.78 is 0. The van der Waals surface area contributed by atoms with Crippen LogP contribution >= 0.6 is 0 Å². The van der Waals surface area contributed by atoms with Crippen molar-refractivity contribution in [2.24, 2.45) is 5.16 Å². The van der Waals surface area contributed by atoms with E-state index in [1.807, 2.05) is 62.4 Å². The number of hydrogen-bond acceptors (Lipinski definition) is 4. The molecule has 1 heterocycles. The summed E-state index contributed by atoms with van der Waals surface area (Å²) in [7, 11) is 0. The summed E-state index contributed by atoms with van der Waals surface area (Å²) in [6.45, 7) is 4.00. The number of nitrogens with zero attached hydrogens (tertiary/aromatic N) is 2. The topological polar surface area (TPSA) is 82.8 Å². The van der Waals surface area contributed by atoms with Gasteiger partial charge in [-0.1, -0.05) is 47.6 Å². The Balaban J connectivity index is 1.78. The third-order valence-corrected chi connectivity index (χ3v) is 5.00. The van der Waals surface area contributed by atoms with Gasteiger partial charge >= 0.3 is 5.97 Å². The molecule has 1 aromatic heterocycles. The maximum absolute atomic E-state index is 10.8. The first-order chi connectivity index (χ1) is 14.0. The van der Waals surface area contributed by atoms with Crippen LogP contribution in [0.2, 0.25) is 0 Å². The second kappa shape index (κ2) is 9.15. The van der Waals surface area contributed by atoms with Crippen molar-refractivity contribution in [3.63, 3.8) is 0 Å². The number of aromatic nitrogens is 1. The number of hydrogen-bond donors (Lipinski definition) is 2. The number of aliphatic carboxylic acids is 1.